The van der Waals surface area contributed by atoms with Crippen LogP contribution >= 0.6 is 0 Å². The van der Waals surface area contributed by atoms with E-state index >= 15 is 0 Å². The van der Waals surface area contributed by atoms with Gasteiger partial charge in [0.1, 0.15) is 18.1 Å². The third-order valence-corrected chi connectivity index (χ3v) is 5.57. The number of carbonyl (C=O) groups is 1. The Kier molecular flexibility index (Phi) is 5.95. The summed E-state index contributed by atoms with van der Waals surface area (Å²) in [6.07, 6.45) is 7.61. The second-order valence-corrected chi connectivity index (χ2v) is 7.55. The van der Waals surface area contributed by atoms with Crippen LogP contribution in [0.25, 0.3) is 0 Å². The molecule has 28 heavy (non-hydrogen) atoms. The first-order valence-corrected chi connectivity index (χ1v) is 10.5. The van der Waals surface area contributed by atoms with Gasteiger partial charge in [-0.15, -0.1) is 0 Å². The zero-order valence-corrected chi connectivity index (χ0v) is 16.6. The lowest BCUT2D eigenvalue weighted by Crippen LogP contribution is -2.26. The fraction of sp³-hybridized carbons (Fsp3) is 0.545. The number of amides is 1. The van der Waals surface area contributed by atoms with Crippen LogP contribution in [0.3, 0.4) is 0 Å². The summed E-state index contributed by atoms with van der Waals surface area (Å²) in [4.78, 5) is 13.1. The number of nitrogens with one attached hydrogen (secondary N) is 1. The fourth-order valence-corrected chi connectivity index (χ4v) is 4.09. The molecule has 1 amide bonds. The first-order valence-electron chi connectivity index (χ1n) is 10.5. The van der Waals surface area contributed by atoms with E-state index in [4.69, 9.17) is 9.47 Å². The van der Waals surface area contributed by atoms with E-state index in [0.717, 1.165) is 56.4 Å². The summed E-state index contributed by atoms with van der Waals surface area (Å²) in [6, 6.07) is 7.61. The van der Waals surface area contributed by atoms with E-state index < -0.39 is 0 Å². The number of aromatic nitrogens is 2. The van der Waals surface area contributed by atoms with E-state index in [1.807, 2.05) is 35.9 Å². The highest BCUT2D eigenvalue weighted by molar-refractivity contribution is 6.05. The fourth-order valence-electron chi connectivity index (χ4n) is 4.09. The minimum Gasteiger partial charge on any atom is -0.489 e. The molecule has 1 N–H and O–H groups in total. The van der Waals surface area contributed by atoms with Gasteiger partial charge in [0, 0.05) is 18.7 Å². The van der Waals surface area contributed by atoms with Crippen molar-refractivity contribution in [3.05, 3.63) is 41.2 Å². The van der Waals surface area contributed by atoms with Gasteiger partial charge in [0.15, 0.2) is 0 Å². The molecule has 6 heteroatoms. The Bertz CT molecular complexity index is 824. The van der Waals surface area contributed by atoms with Crippen molar-refractivity contribution in [2.24, 2.45) is 0 Å². The van der Waals surface area contributed by atoms with Gasteiger partial charge in [-0.05, 0) is 64.0 Å². The number of hydrogen-bond acceptors (Lipinski definition) is 4. The molecule has 2 heterocycles. The van der Waals surface area contributed by atoms with Gasteiger partial charge < -0.3 is 14.8 Å². The third-order valence-electron chi connectivity index (χ3n) is 5.57. The van der Waals surface area contributed by atoms with E-state index in [1.54, 1.807) is 0 Å². The number of aryl methyl sites for hydroxylation is 2. The van der Waals surface area contributed by atoms with Gasteiger partial charge in [-0.1, -0.05) is 12.1 Å². The number of carbonyl (C=O) groups excluding carboxylic acids is 1. The smallest absolute Gasteiger partial charge is 0.274 e. The Morgan fingerprint density at radius 1 is 1.25 bits per heavy atom. The number of nitrogens with zero attached hydrogens (tertiary/aromatic N) is 2. The largest absolute Gasteiger partial charge is 0.489 e. The summed E-state index contributed by atoms with van der Waals surface area (Å²) >= 11 is 0. The first-order chi connectivity index (χ1) is 13.8. The topological polar surface area (TPSA) is 65.4 Å². The lowest BCUT2D eigenvalue weighted by molar-refractivity contribution is -0.0109. The van der Waals surface area contributed by atoms with E-state index in [0.29, 0.717) is 30.3 Å². The highest BCUT2D eigenvalue weighted by atomic mass is 16.5. The molecule has 0 radical (unpaired) electrons. The Hall–Kier alpha value is -2.34. The molecule has 2 aliphatic rings. The molecule has 0 bridgehead atoms. The summed E-state index contributed by atoms with van der Waals surface area (Å²) in [5.41, 5.74) is 3.58. The lowest BCUT2D eigenvalue weighted by atomic mass is 9.95. The molecule has 0 saturated carbocycles. The molecular formula is C22H29N3O3. The van der Waals surface area contributed by atoms with Crippen LogP contribution in [0.15, 0.2) is 24.3 Å². The third kappa shape index (κ3) is 4.07. The predicted octanol–water partition coefficient (Wildman–Crippen LogP) is 3.98. The van der Waals surface area contributed by atoms with Crippen LogP contribution in [0.1, 0.15) is 60.8 Å². The van der Waals surface area contributed by atoms with Crippen molar-refractivity contribution >= 4 is 11.6 Å². The molecule has 1 fully saturated rings. The van der Waals surface area contributed by atoms with Gasteiger partial charge in [0.2, 0.25) is 0 Å². The van der Waals surface area contributed by atoms with Crippen molar-refractivity contribution in [1.82, 2.24) is 9.78 Å². The van der Waals surface area contributed by atoms with Crippen LogP contribution in [-0.2, 0) is 24.1 Å². The minimum atomic E-state index is -0.109. The van der Waals surface area contributed by atoms with Crippen molar-refractivity contribution in [3.63, 3.8) is 0 Å². The Balaban J connectivity index is 1.50. The summed E-state index contributed by atoms with van der Waals surface area (Å²) < 4.78 is 13.6. The Morgan fingerprint density at radius 3 is 2.93 bits per heavy atom. The molecule has 6 nitrogen and oxygen atoms in total. The summed E-state index contributed by atoms with van der Waals surface area (Å²) in [6.45, 7) is 4.02. The quantitative estimate of drug-likeness (QED) is 0.819. The molecule has 1 saturated heterocycles. The second kappa shape index (κ2) is 8.78. The van der Waals surface area contributed by atoms with Gasteiger partial charge in [0.25, 0.3) is 5.91 Å². The van der Waals surface area contributed by atoms with Crippen molar-refractivity contribution in [2.45, 2.75) is 64.5 Å². The van der Waals surface area contributed by atoms with Crippen LogP contribution in [0.5, 0.6) is 5.75 Å². The number of para-hydroxylation sites is 2. The van der Waals surface area contributed by atoms with Crippen molar-refractivity contribution in [3.8, 4) is 5.75 Å². The molecule has 1 atom stereocenters. The number of anilines is 1. The number of rotatable bonds is 6. The predicted molar refractivity (Wildman–Crippen MR) is 108 cm³/mol. The standard InChI is InChI=1S/C22H29N3O3/c1-2-25-21(17-10-3-4-11-18(17)24-25)22(26)23-19-12-5-6-13-20(19)28-15-16-9-7-8-14-27-16/h5-6,12-13,16H,2-4,7-11,14-15H2,1H3,(H,23,26). The molecule has 1 aromatic carbocycles. The van der Waals surface area contributed by atoms with E-state index in [-0.39, 0.29) is 12.0 Å². The van der Waals surface area contributed by atoms with Crippen LogP contribution < -0.4 is 10.1 Å². The van der Waals surface area contributed by atoms with E-state index in [9.17, 15) is 4.79 Å². The van der Waals surface area contributed by atoms with Crippen molar-refractivity contribution in [2.75, 3.05) is 18.5 Å². The number of ether oxygens (including phenoxy) is 2. The average Bonchev–Trinajstić information content (AvgIpc) is 3.12. The van der Waals surface area contributed by atoms with Gasteiger partial charge in [-0.2, -0.15) is 5.10 Å². The van der Waals surface area contributed by atoms with Crippen molar-refractivity contribution in [1.29, 1.82) is 0 Å². The minimum absolute atomic E-state index is 0.109. The van der Waals surface area contributed by atoms with Gasteiger partial charge in [-0.25, -0.2) is 0 Å². The molecule has 1 aliphatic carbocycles. The Labute approximate surface area is 166 Å². The average molecular weight is 383 g/mol. The number of benzene rings is 1. The molecule has 2 aromatic rings. The van der Waals surface area contributed by atoms with Gasteiger partial charge in [-0.3, -0.25) is 9.48 Å². The molecule has 150 valence electrons. The maximum atomic E-state index is 13.1. The van der Waals surface area contributed by atoms with Crippen LogP contribution in [0.2, 0.25) is 0 Å². The highest BCUT2D eigenvalue weighted by Crippen LogP contribution is 2.28. The zero-order chi connectivity index (χ0) is 19.3. The molecule has 1 aliphatic heterocycles. The Morgan fingerprint density at radius 2 is 2.11 bits per heavy atom. The maximum Gasteiger partial charge on any atom is 0.274 e. The van der Waals surface area contributed by atoms with Gasteiger partial charge >= 0.3 is 0 Å². The normalized spacial score (nSPS) is 19.1. The number of fused-ring (bicyclic) bond motifs is 1. The summed E-state index contributed by atoms with van der Waals surface area (Å²) in [5, 5.41) is 7.72. The van der Waals surface area contributed by atoms with Gasteiger partial charge in [0.05, 0.1) is 17.5 Å². The second-order valence-electron chi connectivity index (χ2n) is 7.55. The summed E-state index contributed by atoms with van der Waals surface area (Å²) in [5.74, 6) is 0.573. The zero-order valence-electron chi connectivity index (χ0n) is 16.6. The van der Waals surface area contributed by atoms with Crippen molar-refractivity contribution < 1.29 is 14.3 Å². The van der Waals surface area contributed by atoms with Crippen LogP contribution in [0.4, 0.5) is 5.69 Å². The molecule has 4 rings (SSSR count). The number of hydrogen-bond donors (Lipinski definition) is 1. The maximum absolute atomic E-state index is 13.1. The molecule has 0 spiro atoms. The van der Waals surface area contributed by atoms with Crippen LogP contribution in [0, 0.1) is 0 Å². The molecule has 1 unspecified atom stereocenters. The molecule has 1 aromatic heterocycles. The van der Waals surface area contributed by atoms with E-state index in [2.05, 4.69) is 10.4 Å². The van der Waals surface area contributed by atoms with Crippen LogP contribution in [-0.4, -0.2) is 35.0 Å². The van der Waals surface area contributed by atoms with E-state index in [1.165, 1.54) is 6.42 Å². The SMILES string of the molecule is CCn1nc2c(c1C(=O)Nc1ccccc1OCC1CCCCO1)CCCC2. The lowest BCUT2D eigenvalue weighted by Gasteiger charge is -2.23. The monoisotopic (exact) mass is 383 g/mol. The summed E-state index contributed by atoms with van der Waals surface area (Å²) in [7, 11) is 0. The highest BCUT2D eigenvalue weighted by Gasteiger charge is 2.25. The molecular weight excluding hydrogens is 354 g/mol. The first kappa shape index (κ1) is 19.0.